The lowest BCUT2D eigenvalue weighted by Crippen LogP contribution is -2.15. The smallest absolute Gasteiger partial charge is 0.328 e. The molecule has 14 heavy (non-hydrogen) atoms. The summed E-state index contributed by atoms with van der Waals surface area (Å²) in [6.07, 6.45) is 1.18. The molecular formula is C9H12O5. The largest absolute Gasteiger partial charge is 0.478 e. The summed E-state index contributed by atoms with van der Waals surface area (Å²) in [5, 5.41) is 8.26. The number of esters is 1. The molecule has 0 saturated carbocycles. The predicted octanol–water partition coefficient (Wildman–Crippen LogP) is 0.538. The predicted molar refractivity (Wildman–Crippen MR) is 47.6 cm³/mol. The van der Waals surface area contributed by atoms with Gasteiger partial charge in [-0.05, 0) is 19.9 Å². The molecule has 0 saturated heterocycles. The molecule has 0 bridgehead atoms. The first-order chi connectivity index (χ1) is 6.41. The molecule has 0 radical (unpaired) electrons. The minimum absolute atomic E-state index is 0.286. The maximum atomic E-state index is 10.9. The molecule has 0 aliphatic carbocycles. The third-order valence-corrected chi connectivity index (χ3v) is 1.22. The van der Waals surface area contributed by atoms with E-state index in [4.69, 9.17) is 9.84 Å². The molecule has 5 nitrogen and oxygen atoms in total. The number of hydrogen-bond donors (Lipinski definition) is 1. The standard InChI is InChI=1S/C9H12O5/c1-6(10)5-9(13)14-7(2)3-4-8(11)12/h3-4,7H,5H2,1-2H3,(H,11,12). The second-order valence-corrected chi connectivity index (χ2v) is 2.77. The normalized spacial score (nSPS) is 12.4. The number of ether oxygens (including phenoxy) is 1. The van der Waals surface area contributed by atoms with E-state index in [1.807, 2.05) is 0 Å². The zero-order valence-corrected chi connectivity index (χ0v) is 8.02. The highest BCUT2D eigenvalue weighted by molar-refractivity contribution is 5.94. The molecule has 1 unspecified atom stereocenters. The summed E-state index contributed by atoms with van der Waals surface area (Å²) in [5.41, 5.74) is 0. The Labute approximate surface area is 81.4 Å². The van der Waals surface area contributed by atoms with E-state index < -0.39 is 18.0 Å². The average molecular weight is 200 g/mol. The summed E-state index contributed by atoms with van der Waals surface area (Å²) in [7, 11) is 0. The van der Waals surface area contributed by atoms with Gasteiger partial charge in [0.25, 0.3) is 0 Å². The minimum Gasteiger partial charge on any atom is -0.478 e. The molecule has 0 aromatic heterocycles. The van der Waals surface area contributed by atoms with Crippen molar-refractivity contribution in [3.8, 4) is 0 Å². The van der Waals surface area contributed by atoms with E-state index in [0.717, 1.165) is 6.08 Å². The Balaban J connectivity index is 3.94. The highest BCUT2D eigenvalue weighted by Gasteiger charge is 2.09. The third kappa shape index (κ3) is 7.02. The van der Waals surface area contributed by atoms with Crippen LogP contribution in [0.15, 0.2) is 12.2 Å². The van der Waals surface area contributed by atoms with E-state index in [0.29, 0.717) is 0 Å². The second kappa shape index (κ2) is 5.90. The summed E-state index contributed by atoms with van der Waals surface area (Å²) in [6, 6.07) is 0. The molecule has 0 fully saturated rings. The SMILES string of the molecule is CC(=O)CC(=O)OC(C)C=CC(=O)O. The Bertz CT molecular complexity index is 266. The summed E-state index contributed by atoms with van der Waals surface area (Å²) >= 11 is 0. The van der Waals surface area contributed by atoms with Gasteiger partial charge in [-0.3, -0.25) is 9.59 Å². The number of ketones is 1. The van der Waals surface area contributed by atoms with Crippen molar-refractivity contribution in [2.45, 2.75) is 26.4 Å². The first-order valence-electron chi connectivity index (χ1n) is 4.02. The van der Waals surface area contributed by atoms with Crippen molar-refractivity contribution < 1.29 is 24.2 Å². The van der Waals surface area contributed by atoms with Crippen molar-refractivity contribution >= 4 is 17.7 Å². The van der Waals surface area contributed by atoms with Gasteiger partial charge in [-0.25, -0.2) is 4.79 Å². The third-order valence-electron chi connectivity index (χ3n) is 1.22. The van der Waals surface area contributed by atoms with E-state index in [-0.39, 0.29) is 12.2 Å². The number of carbonyl (C=O) groups excluding carboxylic acids is 2. The highest BCUT2D eigenvalue weighted by Crippen LogP contribution is 1.97. The summed E-state index contributed by atoms with van der Waals surface area (Å²) in [5.74, 6) is -2.05. The Morgan fingerprint density at radius 2 is 2.00 bits per heavy atom. The van der Waals surface area contributed by atoms with Crippen LogP contribution in [0.1, 0.15) is 20.3 Å². The first-order valence-corrected chi connectivity index (χ1v) is 4.02. The van der Waals surface area contributed by atoms with E-state index >= 15 is 0 Å². The van der Waals surface area contributed by atoms with E-state index in [9.17, 15) is 14.4 Å². The van der Waals surface area contributed by atoms with Crippen molar-refractivity contribution in [3.05, 3.63) is 12.2 Å². The van der Waals surface area contributed by atoms with Crippen molar-refractivity contribution in [1.82, 2.24) is 0 Å². The van der Waals surface area contributed by atoms with Crippen LogP contribution in [-0.2, 0) is 19.1 Å². The van der Waals surface area contributed by atoms with Gasteiger partial charge in [0.2, 0.25) is 0 Å². The van der Waals surface area contributed by atoms with Crippen LogP contribution in [0.4, 0.5) is 0 Å². The fourth-order valence-electron chi connectivity index (χ4n) is 0.709. The molecule has 0 amide bonds. The number of carbonyl (C=O) groups is 3. The van der Waals surface area contributed by atoms with Crippen LogP contribution in [0, 0.1) is 0 Å². The quantitative estimate of drug-likeness (QED) is 0.398. The highest BCUT2D eigenvalue weighted by atomic mass is 16.5. The van der Waals surface area contributed by atoms with Crippen molar-refractivity contribution in [3.63, 3.8) is 0 Å². The molecule has 0 rings (SSSR count). The van der Waals surface area contributed by atoms with Crippen molar-refractivity contribution in [1.29, 1.82) is 0 Å². The van der Waals surface area contributed by atoms with Gasteiger partial charge in [0, 0.05) is 6.08 Å². The molecule has 1 N–H and O–H groups in total. The van der Waals surface area contributed by atoms with Crippen LogP contribution in [0.25, 0.3) is 0 Å². The topological polar surface area (TPSA) is 80.7 Å². The fourth-order valence-corrected chi connectivity index (χ4v) is 0.709. The summed E-state index contributed by atoms with van der Waals surface area (Å²) in [4.78, 5) is 31.5. The van der Waals surface area contributed by atoms with E-state index in [1.165, 1.54) is 19.9 Å². The van der Waals surface area contributed by atoms with Gasteiger partial charge < -0.3 is 9.84 Å². The summed E-state index contributed by atoms with van der Waals surface area (Å²) < 4.78 is 4.70. The lowest BCUT2D eigenvalue weighted by Gasteiger charge is -2.07. The number of carboxylic acids is 1. The maximum absolute atomic E-state index is 10.9. The molecule has 0 spiro atoms. The van der Waals surface area contributed by atoms with Crippen LogP contribution in [0.5, 0.6) is 0 Å². The van der Waals surface area contributed by atoms with Gasteiger partial charge >= 0.3 is 11.9 Å². The van der Waals surface area contributed by atoms with Crippen molar-refractivity contribution in [2.24, 2.45) is 0 Å². The lowest BCUT2D eigenvalue weighted by molar-refractivity contribution is -0.148. The van der Waals surface area contributed by atoms with Gasteiger partial charge in [0.05, 0.1) is 0 Å². The molecule has 0 aromatic carbocycles. The van der Waals surface area contributed by atoms with Crippen LogP contribution >= 0.6 is 0 Å². The number of hydrogen-bond acceptors (Lipinski definition) is 4. The van der Waals surface area contributed by atoms with Crippen LogP contribution < -0.4 is 0 Å². The zero-order valence-electron chi connectivity index (χ0n) is 8.02. The maximum Gasteiger partial charge on any atom is 0.328 e. The Morgan fingerprint density at radius 1 is 1.43 bits per heavy atom. The number of carboxylic acid groups (broad SMARTS) is 1. The van der Waals surface area contributed by atoms with Crippen LogP contribution in [0.3, 0.4) is 0 Å². The Hall–Kier alpha value is -1.65. The molecule has 0 aliphatic rings. The van der Waals surface area contributed by atoms with Gasteiger partial charge in [0.1, 0.15) is 18.3 Å². The van der Waals surface area contributed by atoms with Crippen LogP contribution in [0.2, 0.25) is 0 Å². The molecule has 0 aromatic rings. The fraction of sp³-hybridized carbons (Fsp3) is 0.444. The minimum atomic E-state index is -1.11. The number of aliphatic carboxylic acids is 1. The molecular weight excluding hydrogens is 188 g/mol. The lowest BCUT2D eigenvalue weighted by atomic mass is 10.3. The first kappa shape index (κ1) is 12.3. The monoisotopic (exact) mass is 200 g/mol. The van der Waals surface area contributed by atoms with Crippen LogP contribution in [-0.4, -0.2) is 28.9 Å². The van der Waals surface area contributed by atoms with Gasteiger partial charge in [-0.1, -0.05) is 0 Å². The van der Waals surface area contributed by atoms with E-state index in [1.54, 1.807) is 0 Å². The van der Waals surface area contributed by atoms with Gasteiger partial charge in [-0.15, -0.1) is 0 Å². The Kier molecular flexibility index (Phi) is 5.21. The molecule has 1 atom stereocenters. The molecule has 0 aliphatic heterocycles. The van der Waals surface area contributed by atoms with Gasteiger partial charge in [-0.2, -0.15) is 0 Å². The average Bonchev–Trinajstić information content (AvgIpc) is 1.98. The summed E-state index contributed by atoms with van der Waals surface area (Å²) in [6.45, 7) is 2.79. The van der Waals surface area contributed by atoms with E-state index in [2.05, 4.69) is 0 Å². The number of Topliss-reactive ketones (excluding diaryl/α,β-unsaturated/α-hetero) is 1. The zero-order chi connectivity index (χ0) is 11.1. The molecule has 5 heteroatoms. The Morgan fingerprint density at radius 3 is 2.43 bits per heavy atom. The second-order valence-electron chi connectivity index (χ2n) is 2.77. The molecule has 78 valence electrons. The van der Waals surface area contributed by atoms with Crippen molar-refractivity contribution in [2.75, 3.05) is 0 Å². The number of rotatable bonds is 5. The molecule has 0 heterocycles. The van der Waals surface area contributed by atoms with Gasteiger partial charge in [0.15, 0.2) is 0 Å².